The molecule has 190 valence electrons. The summed E-state index contributed by atoms with van der Waals surface area (Å²) in [5.41, 5.74) is 2.74. The fraction of sp³-hybridized carbons (Fsp3) is 0.533. The number of likely N-dealkylation sites (tertiary alicyclic amines) is 1. The molecule has 5 nitrogen and oxygen atoms in total. The summed E-state index contributed by atoms with van der Waals surface area (Å²) < 4.78 is 5.76. The summed E-state index contributed by atoms with van der Waals surface area (Å²) in [6.07, 6.45) is 0.768. The van der Waals surface area contributed by atoms with Gasteiger partial charge in [-0.25, -0.2) is 0 Å². The van der Waals surface area contributed by atoms with Crippen LogP contribution in [0, 0.1) is 17.2 Å². The Bertz CT molecular complexity index is 1010. The fourth-order valence-electron chi connectivity index (χ4n) is 4.89. The molecule has 2 unspecified atom stereocenters. The number of phenolic OH excluding ortho intramolecular Hbond substituents is 1. The third kappa shape index (κ3) is 6.32. The first-order chi connectivity index (χ1) is 16.3. The van der Waals surface area contributed by atoms with Crippen molar-refractivity contribution in [1.82, 2.24) is 4.90 Å². The van der Waals surface area contributed by atoms with E-state index in [9.17, 15) is 9.90 Å². The topological polar surface area (TPSA) is 73.6 Å². The van der Waals surface area contributed by atoms with Gasteiger partial charge in [0.1, 0.15) is 11.6 Å². The molecule has 1 saturated heterocycles. The number of nitrogens with zero attached hydrogens (tertiary/aromatic N) is 1. The van der Waals surface area contributed by atoms with Crippen molar-refractivity contribution < 1.29 is 14.6 Å². The van der Waals surface area contributed by atoms with Gasteiger partial charge in [0.2, 0.25) is 0 Å². The molecule has 1 heterocycles. The van der Waals surface area contributed by atoms with Crippen LogP contribution >= 0.6 is 0 Å². The number of amidine groups is 1. The first kappa shape index (κ1) is 26.9. The first-order valence-electron chi connectivity index (χ1n) is 12.7. The highest BCUT2D eigenvalue weighted by molar-refractivity contribution is 6.01. The van der Waals surface area contributed by atoms with Gasteiger partial charge in [0.05, 0.1) is 13.2 Å². The SMILES string of the molecule is CCOCC1CN(CC(=O)c2cc(C(C)(C)C)c(O)c(C(C)(C)C)c2)C(=N)C1Cc1ccccc1. The Morgan fingerprint density at radius 2 is 1.63 bits per heavy atom. The second-order valence-electron chi connectivity index (χ2n) is 11.8. The molecule has 0 aromatic heterocycles. The fourth-order valence-corrected chi connectivity index (χ4v) is 4.89. The van der Waals surface area contributed by atoms with E-state index in [0.717, 1.165) is 17.5 Å². The predicted octanol–water partition coefficient (Wildman–Crippen LogP) is 5.97. The highest BCUT2D eigenvalue weighted by Gasteiger charge is 2.38. The van der Waals surface area contributed by atoms with Crippen LogP contribution in [-0.4, -0.2) is 47.9 Å². The van der Waals surface area contributed by atoms with E-state index in [1.54, 1.807) is 0 Å². The molecule has 1 aliphatic heterocycles. The minimum atomic E-state index is -0.301. The van der Waals surface area contributed by atoms with E-state index >= 15 is 0 Å². The zero-order valence-electron chi connectivity index (χ0n) is 22.4. The summed E-state index contributed by atoms with van der Waals surface area (Å²) in [7, 11) is 0. The monoisotopic (exact) mass is 478 g/mol. The van der Waals surface area contributed by atoms with Gasteiger partial charge >= 0.3 is 0 Å². The van der Waals surface area contributed by atoms with Crippen molar-refractivity contribution in [3.8, 4) is 5.75 Å². The molecule has 0 aliphatic carbocycles. The van der Waals surface area contributed by atoms with Crippen molar-refractivity contribution in [2.45, 2.75) is 65.7 Å². The molecule has 0 saturated carbocycles. The van der Waals surface area contributed by atoms with Crippen LogP contribution in [0.5, 0.6) is 5.75 Å². The molecule has 0 amide bonds. The summed E-state index contributed by atoms with van der Waals surface area (Å²) in [5, 5.41) is 19.9. The number of ketones is 1. The quantitative estimate of drug-likeness (QED) is 0.458. The van der Waals surface area contributed by atoms with Gasteiger partial charge in [0.15, 0.2) is 5.78 Å². The van der Waals surface area contributed by atoms with Gasteiger partial charge < -0.3 is 14.7 Å². The van der Waals surface area contributed by atoms with Crippen LogP contribution in [0.2, 0.25) is 0 Å². The molecule has 2 aromatic rings. The van der Waals surface area contributed by atoms with Gasteiger partial charge in [-0.1, -0.05) is 71.9 Å². The summed E-state index contributed by atoms with van der Waals surface area (Å²) >= 11 is 0. The Labute approximate surface area is 211 Å². The number of ether oxygens (including phenoxy) is 1. The van der Waals surface area contributed by atoms with E-state index < -0.39 is 0 Å². The van der Waals surface area contributed by atoms with Gasteiger partial charge in [-0.3, -0.25) is 10.2 Å². The lowest BCUT2D eigenvalue weighted by Crippen LogP contribution is -2.33. The summed E-state index contributed by atoms with van der Waals surface area (Å²) in [5.74, 6) is 0.951. The van der Waals surface area contributed by atoms with Crippen molar-refractivity contribution in [1.29, 1.82) is 5.41 Å². The maximum atomic E-state index is 13.6. The van der Waals surface area contributed by atoms with E-state index in [1.165, 1.54) is 5.56 Å². The van der Waals surface area contributed by atoms with Gasteiger partial charge in [-0.05, 0) is 41.9 Å². The van der Waals surface area contributed by atoms with Crippen molar-refractivity contribution >= 4 is 11.6 Å². The number of rotatable bonds is 8. The number of aromatic hydroxyl groups is 1. The van der Waals surface area contributed by atoms with Gasteiger partial charge in [-0.15, -0.1) is 0 Å². The smallest absolute Gasteiger partial charge is 0.182 e. The van der Waals surface area contributed by atoms with Crippen LogP contribution in [0.1, 0.15) is 75.5 Å². The van der Waals surface area contributed by atoms with E-state index in [2.05, 4.69) is 12.1 Å². The van der Waals surface area contributed by atoms with Gasteiger partial charge in [0.25, 0.3) is 0 Å². The van der Waals surface area contributed by atoms with Crippen LogP contribution < -0.4 is 0 Å². The molecule has 0 radical (unpaired) electrons. The van der Waals surface area contributed by atoms with Crippen molar-refractivity contribution in [2.75, 3.05) is 26.3 Å². The zero-order valence-corrected chi connectivity index (χ0v) is 22.4. The maximum absolute atomic E-state index is 13.6. The summed E-state index contributed by atoms with van der Waals surface area (Å²) in [6.45, 7) is 16.3. The van der Waals surface area contributed by atoms with E-state index in [4.69, 9.17) is 10.1 Å². The van der Waals surface area contributed by atoms with E-state index in [-0.39, 0.29) is 40.7 Å². The van der Waals surface area contributed by atoms with Gasteiger partial charge in [-0.2, -0.15) is 0 Å². The molecule has 5 heteroatoms. The Hall–Kier alpha value is -2.66. The van der Waals surface area contributed by atoms with Crippen LogP contribution in [0.15, 0.2) is 42.5 Å². The van der Waals surface area contributed by atoms with Gasteiger partial charge in [0, 0.05) is 41.7 Å². The number of hydrogen-bond donors (Lipinski definition) is 2. The Morgan fingerprint density at radius 1 is 1.06 bits per heavy atom. The summed E-state index contributed by atoms with van der Waals surface area (Å²) in [6, 6.07) is 13.9. The van der Waals surface area contributed by atoms with Crippen molar-refractivity contribution in [3.05, 3.63) is 64.7 Å². The van der Waals surface area contributed by atoms with Crippen molar-refractivity contribution in [3.63, 3.8) is 0 Å². The lowest BCUT2D eigenvalue weighted by atomic mass is 9.78. The molecule has 0 bridgehead atoms. The highest BCUT2D eigenvalue weighted by Crippen LogP contribution is 2.40. The lowest BCUT2D eigenvalue weighted by Gasteiger charge is -2.28. The maximum Gasteiger partial charge on any atom is 0.182 e. The minimum absolute atomic E-state index is 0.0202. The normalized spacial score (nSPS) is 18.8. The highest BCUT2D eigenvalue weighted by atomic mass is 16.5. The number of Topliss-reactive ketones (excluding diaryl/α,β-unsaturated/α-hetero) is 1. The average molecular weight is 479 g/mol. The number of phenols is 1. The number of benzene rings is 2. The molecule has 2 aromatic carbocycles. The largest absolute Gasteiger partial charge is 0.507 e. The second kappa shape index (κ2) is 10.5. The molecule has 3 rings (SSSR count). The lowest BCUT2D eigenvalue weighted by molar-refractivity contribution is 0.0915. The molecule has 1 aliphatic rings. The molecule has 2 atom stereocenters. The Kier molecular flexibility index (Phi) is 8.10. The third-order valence-electron chi connectivity index (χ3n) is 6.93. The number of carbonyl (C=O) groups is 1. The Balaban J connectivity index is 1.87. The summed E-state index contributed by atoms with van der Waals surface area (Å²) in [4.78, 5) is 15.5. The first-order valence-corrected chi connectivity index (χ1v) is 12.7. The average Bonchev–Trinajstić information content (AvgIpc) is 3.05. The van der Waals surface area contributed by atoms with E-state index in [0.29, 0.717) is 31.2 Å². The second-order valence-corrected chi connectivity index (χ2v) is 11.8. The molecular formula is C30H42N2O3. The van der Waals surface area contributed by atoms with Crippen LogP contribution in [0.25, 0.3) is 0 Å². The van der Waals surface area contributed by atoms with Crippen LogP contribution in [-0.2, 0) is 22.0 Å². The zero-order chi connectivity index (χ0) is 26.0. The molecule has 2 N–H and O–H groups in total. The predicted molar refractivity (Wildman–Crippen MR) is 143 cm³/mol. The van der Waals surface area contributed by atoms with E-state index in [1.807, 2.05) is 83.7 Å². The third-order valence-corrected chi connectivity index (χ3v) is 6.93. The molecule has 0 spiro atoms. The van der Waals surface area contributed by atoms with Crippen molar-refractivity contribution in [2.24, 2.45) is 11.8 Å². The molecule has 35 heavy (non-hydrogen) atoms. The van der Waals surface area contributed by atoms with Crippen LogP contribution in [0.4, 0.5) is 0 Å². The van der Waals surface area contributed by atoms with Crippen LogP contribution in [0.3, 0.4) is 0 Å². The minimum Gasteiger partial charge on any atom is -0.507 e. The molecular weight excluding hydrogens is 436 g/mol. The standard InChI is InChI=1S/C30H42N2O3/c1-8-35-19-22-17-32(28(31)23(22)14-20-12-10-9-11-13-20)18-26(33)21-15-24(29(2,3)4)27(34)25(16-21)30(5,6)7/h9-13,15-16,22-23,31,34H,8,14,17-19H2,1-7H3. The Morgan fingerprint density at radius 3 is 2.14 bits per heavy atom. The number of hydrogen-bond acceptors (Lipinski definition) is 4. The number of carbonyl (C=O) groups excluding carboxylic acids is 1. The molecule has 1 fully saturated rings. The number of nitrogens with one attached hydrogen (secondary N) is 1.